The van der Waals surface area contributed by atoms with Gasteiger partial charge in [0.15, 0.2) is 0 Å². The van der Waals surface area contributed by atoms with Crippen LogP contribution in [0.3, 0.4) is 0 Å². The van der Waals surface area contributed by atoms with E-state index < -0.39 is 0 Å². The topological polar surface area (TPSA) is 65.9 Å². The minimum absolute atomic E-state index is 0.0664. The summed E-state index contributed by atoms with van der Waals surface area (Å²) in [6.07, 6.45) is 0. The highest BCUT2D eigenvalue weighted by Crippen LogP contribution is 2.25. The number of amides is 1. The summed E-state index contributed by atoms with van der Waals surface area (Å²) in [5, 5.41) is 12.5. The van der Waals surface area contributed by atoms with Crippen molar-refractivity contribution in [2.75, 3.05) is 52.5 Å². The number of halogens is 1. The third-order valence-electron chi connectivity index (χ3n) is 4.26. The summed E-state index contributed by atoms with van der Waals surface area (Å²) in [5.74, 6) is -0.149. The molecule has 2 heterocycles. The summed E-state index contributed by atoms with van der Waals surface area (Å²) >= 11 is 7.34. The lowest BCUT2D eigenvalue weighted by molar-refractivity contribution is 0.0314. The Labute approximate surface area is 162 Å². The molecule has 0 saturated carbocycles. The van der Waals surface area contributed by atoms with Crippen molar-refractivity contribution in [3.8, 4) is 10.6 Å². The highest BCUT2D eigenvalue weighted by atomic mass is 35.5. The van der Waals surface area contributed by atoms with E-state index in [0.29, 0.717) is 23.8 Å². The minimum Gasteiger partial charge on any atom is -0.395 e. The van der Waals surface area contributed by atoms with Crippen LogP contribution in [-0.2, 0) is 4.74 Å². The highest BCUT2D eigenvalue weighted by molar-refractivity contribution is 7.13. The number of aliphatic hydroxyl groups excluding tert-OH is 1. The molecule has 1 saturated heterocycles. The number of morpholine rings is 1. The summed E-state index contributed by atoms with van der Waals surface area (Å²) in [5.41, 5.74) is 1.34. The molecule has 1 fully saturated rings. The van der Waals surface area contributed by atoms with E-state index in [4.69, 9.17) is 16.3 Å². The van der Waals surface area contributed by atoms with Crippen LogP contribution in [0.5, 0.6) is 0 Å². The van der Waals surface area contributed by atoms with Crippen molar-refractivity contribution in [1.29, 1.82) is 0 Å². The van der Waals surface area contributed by atoms with Crippen LogP contribution in [0.2, 0.25) is 5.02 Å². The molecule has 1 aliphatic heterocycles. The average molecular weight is 396 g/mol. The van der Waals surface area contributed by atoms with Gasteiger partial charge < -0.3 is 14.7 Å². The van der Waals surface area contributed by atoms with Gasteiger partial charge in [0.1, 0.15) is 10.7 Å². The van der Waals surface area contributed by atoms with E-state index in [2.05, 4.69) is 9.88 Å². The molecule has 1 aromatic carbocycles. The second-order valence-corrected chi connectivity index (χ2v) is 7.31. The molecule has 1 N–H and O–H groups in total. The van der Waals surface area contributed by atoms with Gasteiger partial charge in [0.05, 0.1) is 19.8 Å². The van der Waals surface area contributed by atoms with Crippen LogP contribution < -0.4 is 0 Å². The third kappa shape index (κ3) is 5.02. The normalized spacial score (nSPS) is 15.2. The predicted molar refractivity (Wildman–Crippen MR) is 103 cm³/mol. The smallest absolute Gasteiger partial charge is 0.273 e. The van der Waals surface area contributed by atoms with E-state index in [1.165, 1.54) is 11.3 Å². The number of aromatic nitrogens is 1. The molecule has 0 radical (unpaired) electrons. The quantitative estimate of drug-likeness (QED) is 0.778. The molecule has 0 aliphatic carbocycles. The van der Waals surface area contributed by atoms with Crippen LogP contribution in [0.1, 0.15) is 10.5 Å². The zero-order chi connectivity index (χ0) is 18.4. The largest absolute Gasteiger partial charge is 0.395 e. The Morgan fingerprint density at radius 1 is 1.27 bits per heavy atom. The SMILES string of the molecule is O=C(c1csc(-c2ccc(Cl)cc2)n1)N(CCO)CCN1CCOCC1. The molecule has 26 heavy (non-hydrogen) atoms. The Morgan fingerprint density at radius 3 is 2.69 bits per heavy atom. The van der Waals surface area contributed by atoms with E-state index in [9.17, 15) is 9.90 Å². The first kappa shape index (κ1) is 19.3. The first-order valence-corrected chi connectivity index (χ1v) is 9.85. The molecule has 3 rings (SSSR count). The van der Waals surface area contributed by atoms with Crippen molar-refractivity contribution in [3.63, 3.8) is 0 Å². The molecule has 8 heteroatoms. The van der Waals surface area contributed by atoms with Crippen molar-refractivity contribution >= 4 is 28.8 Å². The van der Waals surface area contributed by atoms with Gasteiger partial charge in [0.2, 0.25) is 0 Å². The first-order chi connectivity index (χ1) is 12.7. The number of aliphatic hydroxyl groups is 1. The Morgan fingerprint density at radius 2 is 2.00 bits per heavy atom. The Hall–Kier alpha value is -1.51. The van der Waals surface area contributed by atoms with Crippen molar-refractivity contribution in [1.82, 2.24) is 14.8 Å². The van der Waals surface area contributed by atoms with Crippen molar-refractivity contribution in [2.45, 2.75) is 0 Å². The fourth-order valence-electron chi connectivity index (χ4n) is 2.78. The van der Waals surface area contributed by atoms with Gasteiger partial charge in [-0.1, -0.05) is 23.7 Å². The monoisotopic (exact) mass is 395 g/mol. The van der Waals surface area contributed by atoms with Gasteiger partial charge in [-0.05, 0) is 12.1 Å². The molecule has 2 aromatic rings. The number of benzene rings is 1. The van der Waals surface area contributed by atoms with E-state index >= 15 is 0 Å². The number of thiazole rings is 1. The van der Waals surface area contributed by atoms with Gasteiger partial charge in [-0.15, -0.1) is 11.3 Å². The zero-order valence-electron chi connectivity index (χ0n) is 14.4. The summed E-state index contributed by atoms with van der Waals surface area (Å²) < 4.78 is 5.34. The zero-order valence-corrected chi connectivity index (χ0v) is 16.0. The van der Waals surface area contributed by atoms with Crippen LogP contribution in [0.25, 0.3) is 10.6 Å². The summed E-state index contributed by atoms with van der Waals surface area (Å²) in [6.45, 7) is 4.77. The Bertz CT molecular complexity index is 717. The second-order valence-electron chi connectivity index (χ2n) is 6.01. The lowest BCUT2D eigenvalue weighted by Crippen LogP contribution is -2.44. The van der Waals surface area contributed by atoms with E-state index in [0.717, 1.165) is 43.4 Å². The van der Waals surface area contributed by atoms with Gasteiger partial charge in [-0.3, -0.25) is 9.69 Å². The van der Waals surface area contributed by atoms with Crippen LogP contribution >= 0.6 is 22.9 Å². The molecule has 0 spiro atoms. The van der Waals surface area contributed by atoms with Gasteiger partial charge >= 0.3 is 0 Å². The lowest BCUT2D eigenvalue weighted by Gasteiger charge is -2.29. The van der Waals surface area contributed by atoms with Crippen LogP contribution in [0.4, 0.5) is 0 Å². The number of nitrogens with zero attached hydrogens (tertiary/aromatic N) is 3. The lowest BCUT2D eigenvalue weighted by atomic mass is 10.2. The number of carbonyl (C=O) groups excluding carboxylic acids is 1. The van der Waals surface area contributed by atoms with Crippen molar-refractivity contribution < 1.29 is 14.6 Å². The Kier molecular flexibility index (Phi) is 6.99. The van der Waals surface area contributed by atoms with Crippen LogP contribution in [0, 0.1) is 0 Å². The molecule has 0 unspecified atom stereocenters. The molecular formula is C18H22ClN3O3S. The number of ether oxygens (including phenoxy) is 1. The fraction of sp³-hybridized carbons (Fsp3) is 0.444. The molecule has 1 aliphatic rings. The predicted octanol–water partition coefficient (Wildman–Crippen LogP) is 2.23. The molecule has 140 valence electrons. The minimum atomic E-state index is -0.149. The summed E-state index contributed by atoms with van der Waals surface area (Å²) in [4.78, 5) is 21.2. The van der Waals surface area contributed by atoms with Gasteiger partial charge in [-0.2, -0.15) is 0 Å². The molecule has 1 amide bonds. The van der Waals surface area contributed by atoms with Crippen molar-refractivity contribution in [2.24, 2.45) is 0 Å². The maximum Gasteiger partial charge on any atom is 0.273 e. The van der Waals surface area contributed by atoms with E-state index in [1.807, 2.05) is 12.1 Å². The molecular weight excluding hydrogens is 374 g/mol. The molecule has 6 nitrogen and oxygen atoms in total. The third-order valence-corrected chi connectivity index (χ3v) is 5.40. The number of carbonyl (C=O) groups is 1. The summed E-state index contributed by atoms with van der Waals surface area (Å²) in [7, 11) is 0. The highest BCUT2D eigenvalue weighted by Gasteiger charge is 2.20. The maximum absolute atomic E-state index is 12.8. The molecule has 1 aromatic heterocycles. The molecule has 0 bridgehead atoms. The first-order valence-electron chi connectivity index (χ1n) is 8.59. The molecule has 0 atom stereocenters. The maximum atomic E-state index is 12.8. The Balaban J connectivity index is 1.65. The van der Waals surface area contributed by atoms with Crippen LogP contribution in [0.15, 0.2) is 29.6 Å². The number of rotatable bonds is 7. The number of hydrogen-bond donors (Lipinski definition) is 1. The van der Waals surface area contributed by atoms with Gasteiger partial charge in [0.25, 0.3) is 5.91 Å². The van der Waals surface area contributed by atoms with Crippen molar-refractivity contribution in [3.05, 3.63) is 40.4 Å². The average Bonchev–Trinajstić information content (AvgIpc) is 3.16. The van der Waals surface area contributed by atoms with Crippen LogP contribution in [-0.4, -0.2) is 78.3 Å². The van der Waals surface area contributed by atoms with E-state index in [1.54, 1.807) is 22.4 Å². The number of hydrogen-bond acceptors (Lipinski definition) is 6. The van der Waals surface area contributed by atoms with E-state index in [-0.39, 0.29) is 12.5 Å². The van der Waals surface area contributed by atoms with Gasteiger partial charge in [-0.25, -0.2) is 4.98 Å². The second kappa shape index (κ2) is 9.43. The standard InChI is InChI=1S/C18H22ClN3O3S/c19-15-3-1-14(2-4-15)17-20-16(13-26-17)18(24)22(7-10-23)6-5-21-8-11-25-12-9-21/h1-4,13,23H,5-12H2. The van der Waals surface area contributed by atoms with Gasteiger partial charge in [0, 0.05) is 48.7 Å². The summed E-state index contributed by atoms with van der Waals surface area (Å²) in [6, 6.07) is 7.39. The fourth-order valence-corrected chi connectivity index (χ4v) is 3.71.